The summed E-state index contributed by atoms with van der Waals surface area (Å²) in [5.74, 6) is -2.47. The number of aldehydes is 1. The van der Waals surface area contributed by atoms with Crippen molar-refractivity contribution in [2.45, 2.75) is 357 Å². The Hall–Kier alpha value is -2.80. The zero-order chi connectivity index (χ0) is 89.9. The van der Waals surface area contributed by atoms with E-state index in [4.69, 9.17) is 75.8 Å². The molecule has 0 aromatic carbocycles. The molecule has 13 aliphatic rings. The molecule has 0 spiro atoms. The normalized spacial score (nSPS) is 54.4. The molecular formula is C78H126O45. The third-order valence-electron chi connectivity index (χ3n) is 29.9. The second-order valence-electron chi connectivity index (χ2n) is 37.3. The fraction of sp³-hybridized carbons (Fsp3) is 0.949. The summed E-state index contributed by atoms with van der Waals surface area (Å²) < 4.78 is 93.7. The topological polar surface area (TPSA) is 728 Å². The maximum absolute atomic E-state index is 15.8. The van der Waals surface area contributed by atoms with Crippen LogP contribution in [0.15, 0.2) is 11.6 Å². The van der Waals surface area contributed by atoms with Crippen molar-refractivity contribution < 1.29 is 223 Å². The molecule has 0 radical (unpaired) electrons. The molecular weight excluding hydrogens is 1660 g/mol. The van der Waals surface area contributed by atoms with Gasteiger partial charge in [0.1, 0.15) is 207 Å². The van der Waals surface area contributed by atoms with Crippen LogP contribution >= 0.6 is 0 Å². The van der Waals surface area contributed by atoms with Gasteiger partial charge in [0, 0.05) is 0 Å². The van der Waals surface area contributed by atoms with Gasteiger partial charge in [-0.2, -0.15) is 0 Å². The van der Waals surface area contributed by atoms with Crippen molar-refractivity contribution in [1.29, 1.82) is 0 Å². The van der Waals surface area contributed by atoms with Crippen LogP contribution in [-0.4, -0.2) is 461 Å². The molecule has 8 aliphatic heterocycles. The van der Waals surface area contributed by atoms with Crippen molar-refractivity contribution in [2.75, 3.05) is 52.9 Å². The maximum Gasteiger partial charge on any atom is 0.317 e. The number of rotatable bonds is 25. The molecule has 27 N–H and O–H groups in total. The average Bonchev–Trinajstić information content (AvgIpc) is 0.668. The van der Waals surface area contributed by atoms with Gasteiger partial charge in [0.25, 0.3) is 0 Å². The lowest BCUT2D eigenvalue weighted by molar-refractivity contribution is -0.395. The molecule has 8 heterocycles. The second-order valence-corrected chi connectivity index (χ2v) is 37.3. The molecule has 12 fully saturated rings. The van der Waals surface area contributed by atoms with Crippen LogP contribution in [0.4, 0.5) is 0 Å². The van der Waals surface area contributed by atoms with Crippen molar-refractivity contribution in [1.82, 2.24) is 0 Å². The largest absolute Gasteiger partial charge is 0.432 e. The first kappa shape index (κ1) is 97.7. The zero-order valence-corrected chi connectivity index (χ0v) is 68.6. The number of fused-ring (bicyclic) bond motifs is 7. The first-order valence-corrected chi connectivity index (χ1v) is 42.0. The Bertz CT molecular complexity index is 3540. The number of carbonyl (C=O) groups excluding carboxylic acids is 2. The predicted octanol–water partition coefficient (Wildman–Crippen LogP) is -12.6. The average molecular weight is 1780 g/mol. The smallest absolute Gasteiger partial charge is 0.317 e. The Kier molecular flexibility index (Phi) is 30.2. The Labute approximate surface area is 705 Å². The molecule has 0 bridgehead atoms. The summed E-state index contributed by atoms with van der Waals surface area (Å²) in [6, 6.07) is 0. The van der Waals surface area contributed by atoms with Gasteiger partial charge in [-0.3, -0.25) is 4.79 Å². The van der Waals surface area contributed by atoms with Gasteiger partial charge in [0.15, 0.2) is 44.0 Å². The quantitative estimate of drug-likeness (QED) is 0.0175. The van der Waals surface area contributed by atoms with Crippen LogP contribution in [0.3, 0.4) is 0 Å². The molecule has 50 atom stereocenters. The van der Waals surface area contributed by atoms with E-state index < -0.39 is 361 Å². The van der Waals surface area contributed by atoms with Gasteiger partial charge in [0.2, 0.25) is 6.29 Å². The Morgan fingerprint density at radius 1 is 0.358 bits per heavy atom. The predicted molar refractivity (Wildman–Crippen MR) is 395 cm³/mol. The molecule has 45 heteroatoms. The van der Waals surface area contributed by atoms with Crippen molar-refractivity contribution in [3.8, 4) is 0 Å². The van der Waals surface area contributed by atoms with Gasteiger partial charge in [-0.05, 0) is 97.2 Å². The molecule has 5 aliphatic carbocycles. The minimum absolute atomic E-state index is 0.0157. The van der Waals surface area contributed by atoms with Gasteiger partial charge in [-0.1, -0.05) is 53.2 Å². The number of hydrogen-bond acceptors (Lipinski definition) is 45. The van der Waals surface area contributed by atoms with Gasteiger partial charge in [0.05, 0.1) is 70.5 Å². The molecule has 8 saturated heterocycles. The third kappa shape index (κ3) is 17.1. The highest BCUT2D eigenvalue weighted by atomic mass is 16.8. The van der Waals surface area contributed by atoms with Gasteiger partial charge in [-0.15, -0.1) is 0 Å². The molecule has 0 unspecified atom stereocenters. The number of esters is 1. The lowest BCUT2D eigenvalue weighted by Gasteiger charge is -2.71. The summed E-state index contributed by atoms with van der Waals surface area (Å²) >= 11 is 0. The maximum atomic E-state index is 15.8. The monoisotopic (exact) mass is 1780 g/mol. The highest BCUT2D eigenvalue weighted by Gasteiger charge is 2.74. The van der Waals surface area contributed by atoms with Crippen LogP contribution in [-0.2, 0) is 85.4 Å². The van der Waals surface area contributed by atoms with E-state index in [0.717, 1.165) is 11.9 Å². The van der Waals surface area contributed by atoms with E-state index in [2.05, 4.69) is 26.8 Å². The first-order chi connectivity index (χ1) is 58.0. The SMILES string of the molecule is CC1(C)CC[C@]2(C(=O)O[C@@H]3O[C@H](CO)[C@@H](O)[C@H](O[C@@H]4O[C@H](CO)[C@@H](O)[C@H](O[C@@H]5O[C@H](CO)[C@@H](O)[C@H](O[C@@H]6O[C@H](CO)[C@@H](O)[C@H](O[C@@H]7O[C@H](CO)[C@@H](O)[C@H](O)[C@H]7O)[C@H]6O)[C@H]5O)[C@H]4O)[C@H]3O)[C@H](O)C[C@]3(C)C(=CC[C@@H]4[C@@]5(C)CC[C@H](O[C@@H]6O[C@H](CO)[C@@H](O)[C@H](O[C@@H]7O[C@H](CO)[C@@H](O)[C@H](O[C@@H]8O[C@H](CO)[C@@H](O)[C@H](O)[C@H]8O)[C@H]7O)[C@H]6O)[C@@](C)(C=O)[C@@H]5CC[C@]43C)[C@H]2C1. The van der Waals surface area contributed by atoms with Crippen molar-refractivity contribution in [3.63, 3.8) is 0 Å². The fourth-order valence-corrected chi connectivity index (χ4v) is 22.4. The van der Waals surface area contributed by atoms with Crippen LogP contribution in [0.1, 0.15) is 99.3 Å². The Morgan fingerprint density at radius 3 is 1.00 bits per heavy atom. The standard InChI is InChI=1S/C78H126O45/c1-73(2)13-14-78(72(107)123-71-57(106)63(47(96)35(24-86)115-71)122-70-56(105)62(46(95)34(23-85)114-70)121-69-55(104)61(45(94)33(22-84)113-69)120-68-54(103)60(44(93)32(21-83)112-68)118-65-51(100)49(98)41(90)29(18-80)109-65)27(15-73)26-7-8-37-74(3)11-10-39(75(4,25-87)36(74)9-12-76(37,5)77(26,6)16-38(78)88)116-66-52(101)58(42(91)30(19-81)110-66)119-67-53(102)59(43(92)31(20-82)111-67)117-64-50(99)48(97)40(89)28(17-79)108-64/h7,25,27-71,79-86,88-106H,8-24H2,1-6H3/t27-,28-,29-,30-,31-,32-,33-,34-,35-,36-,37-,38-,39+,40-,41-,42-,43-,44-,45-,46-,47-,48+,49+,50-,51-,52-,53-,54-,55-,56-,57-,58+,59+,60+,61+,62+,63+,64+,65+,66+,67+,68+,69+,70+,71+,74+,75+,76-,77-,78-/m1/s1. The zero-order valence-electron chi connectivity index (χ0n) is 68.6. The van der Waals surface area contributed by atoms with Gasteiger partial charge >= 0.3 is 5.97 Å². The molecule has 0 aromatic rings. The molecule has 0 amide bonds. The number of aliphatic hydroxyl groups is 27. The Balaban J connectivity index is 0.694. The highest BCUT2D eigenvalue weighted by Crippen LogP contribution is 2.76. The first-order valence-electron chi connectivity index (χ1n) is 42.0. The Morgan fingerprint density at radius 2 is 0.667 bits per heavy atom. The summed E-state index contributed by atoms with van der Waals surface area (Å²) in [5, 5.41) is 299. The molecule has 708 valence electrons. The van der Waals surface area contributed by atoms with Gasteiger partial charge < -0.3 is 218 Å². The van der Waals surface area contributed by atoms with Crippen LogP contribution < -0.4 is 0 Å². The van der Waals surface area contributed by atoms with E-state index >= 15 is 4.79 Å². The van der Waals surface area contributed by atoms with Crippen LogP contribution in [0, 0.1) is 50.2 Å². The summed E-state index contributed by atoms with van der Waals surface area (Å²) in [6.07, 6.45) is -75.5. The summed E-state index contributed by atoms with van der Waals surface area (Å²) in [7, 11) is 0. The second kappa shape index (κ2) is 38.1. The van der Waals surface area contributed by atoms with Crippen LogP contribution in [0.5, 0.6) is 0 Å². The van der Waals surface area contributed by atoms with Crippen LogP contribution in [0.2, 0.25) is 0 Å². The number of hydrogen-bond donors (Lipinski definition) is 27. The van der Waals surface area contributed by atoms with Crippen molar-refractivity contribution in [3.05, 3.63) is 11.6 Å². The molecule has 0 aromatic heterocycles. The summed E-state index contributed by atoms with van der Waals surface area (Å²) in [4.78, 5) is 29.9. The summed E-state index contributed by atoms with van der Waals surface area (Å²) in [5.41, 5.74) is -4.98. The van der Waals surface area contributed by atoms with Gasteiger partial charge in [-0.25, -0.2) is 0 Å². The molecule has 123 heavy (non-hydrogen) atoms. The lowest BCUT2D eigenvalue weighted by Crippen LogP contribution is -2.69. The van der Waals surface area contributed by atoms with E-state index in [1.54, 1.807) is 6.92 Å². The van der Waals surface area contributed by atoms with Crippen molar-refractivity contribution in [2.24, 2.45) is 50.2 Å². The van der Waals surface area contributed by atoms with E-state index in [1.165, 1.54) is 0 Å². The minimum Gasteiger partial charge on any atom is -0.432 e. The number of aliphatic hydroxyl groups excluding tert-OH is 27. The molecule has 45 nitrogen and oxygen atoms in total. The number of carbonyl (C=O) groups is 2. The van der Waals surface area contributed by atoms with E-state index in [1.807, 2.05) is 13.8 Å². The van der Waals surface area contributed by atoms with E-state index in [-0.39, 0.29) is 25.2 Å². The lowest BCUT2D eigenvalue weighted by atomic mass is 9.33. The summed E-state index contributed by atoms with van der Waals surface area (Å²) in [6.45, 7) is 4.31. The number of allylic oxidation sites excluding steroid dienone is 2. The number of ether oxygens (including phenoxy) is 16. The van der Waals surface area contributed by atoms with E-state index in [0.29, 0.717) is 38.5 Å². The minimum atomic E-state index is -2.32. The van der Waals surface area contributed by atoms with Crippen molar-refractivity contribution >= 4 is 12.3 Å². The highest BCUT2D eigenvalue weighted by molar-refractivity contribution is 5.80. The van der Waals surface area contributed by atoms with E-state index in [9.17, 15) is 143 Å². The van der Waals surface area contributed by atoms with Crippen LogP contribution in [0.25, 0.3) is 0 Å². The fourth-order valence-electron chi connectivity index (χ4n) is 22.4. The third-order valence-corrected chi connectivity index (χ3v) is 29.9. The molecule has 13 rings (SSSR count). The molecule has 4 saturated carbocycles.